The van der Waals surface area contributed by atoms with Crippen LogP contribution in [-0.4, -0.2) is 15.4 Å². The van der Waals surface area contributed by atoms with E-state index in [1.54, 1.807) is 10.6 Å². The largest absolute Gasteiger partial charge is 0.456 e. The number of nitrogens with zero attached hydrogens (tertiary/aromatic N) is 2. The van der Waals surface area contributed by atoms with Gasteiger partial charge in [0.25, 0.3) is 0 Å². The van der Waals surface area contributed by atoms with Crippen molar-refractivity contribution in [2.75, 3.05) is 0 Å². The van der Waals surface area contributed by atoms with Crippen molar-refractivity contribution in [1.29, 1.82) is 0 Å². The minimum absolute atomic E-state index is 0.247. The van der Waals surface area contributed by atoms with Crippen LogP contribution in [0.25, 0.3) is 5.65 Å². The van der Waals surface area contributed by atoms with E-state index in [-0.39, 0.29) is 6.61 Å². The van der Waals surface area contributed by atoms with Crippen molar-refractivity contribution in [3.05, 3.63) is 70.6 Å². The molecule has 0 aliphatic heterocycles. The second kappa shape index (κ2) is 5.46. The molecule has 5 heteroatoms. The third kappa shape index (κ3) is 2.72. The van der Waals surface area contributed by atoms with Crippen molar-refractivity contribution in [3.8, 4) is 0 Å². The smallest absolute Gasteiger partial charge is 0.358 e. The molecular formula is C15H11BrN2O2. The van der Waals surface area contributed by atoms with Crippen LogP contribution in [0, 0.1) is 0 Å². The molecule has 2 aromatic heterocycles. The Bertz CT molecular complexity index is 753. The van der Waals surface area contributed by atoms with Crippen molar-refractivity contribution in [3.63, 3.8) is 0 Å². The first-order valence-electron chi connectivity index (χ1n) is 6.08. The van der Waals surface area contributed by atoms with E-state index in [4.69, 9.17) is 4.74 Å². The van der Waals surface area contributed by atoms with E-state index < -0.39 is 5.97 Å². The van der Waals surface area contributed by atoms with Crippen LogP contribution in [-0.2, 0) is 11.3 Å². The summed E-state index contributed by atoms with van der Waals surface area (Å²) in [4.78, 5) is 16.2. The maximum Gasteiger partial charge on any atom is 0.358 e. The van der Waals surface area contributed by atoms with Gasteiger partial charge in [-0.25, -0.2) is 9.78 Å². The molecule has 0 aliphatic carbocycles. The monoisotopic (exact) mass is 330 g/mol. The Hall–Kier alpha value is -2.14. The number of hydrogen-bond acceptors (Lipinski definition) is 3. The Labute approximate surface area is 124 Å². The predicted molar refractivity (Wildman–Crippen MR) is 78.5 cm³/mol. The quantitative estimate of drug-likeness (QED) is 0.691. The van der Waals surface area contributed by atoms with Crippen molar-refractivity contribution in [2.24, 2.45) is 0 Å². The van der Waals surface area contributed by atoms with E-state index in [1.807, 2.05) is 48.7 Å². The van der Waals surface area contributed by atoms with Crippen LogP contribution < -0.4 is 0 Å². The molecule has 0 radical (unpaired) electrons. The molecule has 2 heterocycles. The molecule has 0 spiro atoms. The molecule has 0 unspecified atom stereocenters. The summed E-state index contributed by atoms with van der Waals surface area (Å²) in [7, 11) is 0. The molecule has 3 aromatic rings. The van der Waals surface area contributed by atoms with Crippen molar-refractivity contribution < 1.29 is 9.53 Å². The molecule has 0 amide bonds. The number of pyridine rings is 1. The molecule has 1 aromatic carbocycles. The average molecular weight is 331 g/mol. The highest BCUT2D eigenvalue weighted by Crippen LogP contribution is 2.13. The first-order valence-corrected chi connectivity index (χ1v) is 6.87. The number of fused-ring (bicyclic) bond motifs is 1. The number of carbonyl (C=O) groups excluding carboxylic acids is 1. The third-order valence-electron chi connectivity index (χ3n) is 2.84. The Morgan fingerprint density at radius 2 is 1.95 bits per heavy atom. The number of esters is 1. The lowest BCUT2D eigenvalue weighted by Gasteiger charge is -2.02. The summed E-state index contributed by atoms with van der Waals surface area (Å²) in [6, 6.07) is 13.3. The van der Waals surface area contributed by atoms with Gasteiger partial charge in [-0.1, -0.05) is 30.3 Å². The lowest BCUT2D eigenvalue weighted by molar-refractivity contribution is 0.0466. The summed E-state index contributed by atoms with van der Waals surface area (Å²) in [5.74, 6) is -0.423. The second-order valence-electron chi connectivity index (χ2n) is 4.30. The van der Waals surface area contributed by atoms with Gasteiger partial charge in [0.05, 0.1) is 0 Å². The van der Waals surface area contributed by atoms with E-state index >= 15 is 0 Å². The topological polar surface area (TPSA) is 43.6 Å². The van der Waals surface area contributed by atoms with Gasteiger partial charge in [0, 0.05) is 16.9 Å². The highest BCUT2D eigenvalue weighted by atomic mass is 79.9. The van der Waals surface area contributed by atoms with Crippen molar-refractivity contribution in [2.45, 2.75) is 6.61 Å². The van der Waals surface area contributed by atoms with Gasteiger partial charge in [0.15, 0.2) is 5.69 Å². The fourth-order valence-corrected chi connectivity index (χ4v) is 2.21. The zero-order valence-corrected chi connectivity index (χ0v) is 12.1. The number of imidazole rings is 1. The Morgan fingerprint density at radius 1 is 1.15 bits per heavy atom. The van der Waals surface area contributed by atoms with Gasteiger partial charge in [-0.2, -0.15) is 0 Å². The Balaban J connectivity index is 1.75. The number of halogens is 1. The van der Waals surface area contributed by atoms with E-state index in [9.17, 15) is 4.79 Å². The predicted octanol–water partition coefficient (Wildman–Crippen LogP) is 3.45. The highest BCUT2D eigenvalue weighted by Gasteiger charge is 2.12. The molecule has 0 fully saturated rings. The van der Waals surface area contributed by atoms with E-state index in [1.165, 1.54) is 0 Å². The third-order valence-corrected chi connectivity index (χ3v) is 3.31. The molecule has 100 valence electrons. The summed E-state index contributed by atoms with van der Waals surface area (Å²) in [5, 5.41) is 0. The lowest BCUT2D eigenvalue weighted by Crippen LogP contribution is -2.05. The lowest BCUT2D eigenvalue weighted by atomic mass is 10.2. The van der Waals surface area contributed by atoms with Crippen LogP contribution in [0.5, 0.6) is 0 Å². The number of benzene rings is 1. The minimum Gasteiger partial charge on any atom is -0.456 e. The summed E-state index contributed by atoms with van der Waals surface area (Å²) in [6.07, 6.45) is 3.50. The molecule has 0 atom stereocenters. The fraction of sp³-hybridized carbons (Fsp3) is 0.0667. The van der Waals surface area contributed by atoms with Gasteiger partial charge >= 0.3 is 5.97 Å². The number of ether oxygens (including phenoxy) is 1. The molecule has 0 saturated carbocycles. The van der Waals surface area contributed by atoms with Gasteiger partial charge in [0.2, 0.25) is 0 Å². The molecule has 0 saturated heterocycles. The van der Waals surface area contributed by atoms with Crippen LogP contribution in [0.4, 0.5) is 0 Å². The zero-order valence-electron chi connectivity index (χ0n) is 10.5. The van der Waals surface area contributed by atoms with Crippen molar-refractivity contribution in [1.82, 2.24) is 9.38 Å². The number of rotatable bonds is 3. The molecule has 0 aliphatic rings. The second-order valence-corrected chi connectivity index (χ2v) is 5.22. The average Bonchev–Trinajstić information content (AvgIpc) is 2.89. The van der Waals surface area contributed by atoms with Crippen LogP contribution in [0.15, 0.2) is 59.3 Å². The standard InChI is InChI=1S/C15H11BrN2O2/c16-12-6-7-14-17-13(9-18(14)8-12)15(19)20-10-11-4-2-1-3-5-11/h1-9H,10H2. The maximum atomic E-state index is 12.0. The number of aromatic nitrogens is 2. The van der Waals surface area contributed by atoms with E-state index in [2.05, 4.69) is 20.9 Å². The van der Waals surface area contributed by atoms with Gasteiger partial charge in [-0.05, 0) is 33.6 Å². The summed E-state index contributed by atoms with van der Waals surface area (Å²) in [5.41, 5.74) is 1.96. The summed E-state index contributed by atoms with van der Waals surface area (Å²) in [6.45, 7) is 0.247. The van der Waals surface area contributed by atoms with Gasteiger partial charge in [-0.3, -0.25) is 0 Å². The molecule has 0 N–H and O–H groups in total. The fourth-order valence-electron chi connectivity index (χ4n) is 1.86. The first-order chi connectivity index (χ1) is 9.72. The number of hydrogen-bond donors (Lipinski definition) is 0. The summed E-state index contributed by atoms with van der Waals surface area (Å²) < 4.78 is 7.95. The molecule has 0 bridgehead atoms. The zero-order chi connectivity index (χ0) is 13.9. The number of carbonyl (C=O) groups is 1. The van der Waals surface area contributed by atoms with E-state index in [0.717, 1.165) is 10.0 Å². The highest BCUT2D eigenvalue weighted by molar-refractivity contribution is 9.10. The minimum atomic E-state index is -0.423. The van der Waals surface area contributed by atoms with Crippen LogP contribution in [0.3, 0.4) is 0 Å². The first kappa shape index (κ1) is 12.9. The SMILES string of the molecule is O=C(OCc1ccccc1)c1cn2cc(Br)ccc2n1. The Kier molecular flexibility index (Phi) is 3.52. The molecule has 3 rings (SSSR count). The molecular weight excluding hydrogens is 320 g/mol. The van der Waals surface area contributed by atoms with Gasteiger partial charge < -0.3 is 9.14 Å². The van der Waals surface area contributed by atoms with Gasteiger partial charge in [-0.15, -0.1) is 0 Å². The van der Waals surface area contributed by atoms with E-state index in [0.29, 0.717) is 11.3 Å². The van der Waals surface area contributed by atoms with Gasteiger partial charge in [0.1, 0.15) is 12.3 Å². The van der Waals surface area contributed by atoms with Crippen molar-refractivity contribution >= 4 is 27.5 Å². The van der Waals surface area contributed by atoms with Crippen LogP contribution >= 0.6 is 15.9 Å². The van der Waals surface area contributed by atoms with Crippen LogP contribution in [0.1, 0.15) is 16.1 Å². The van der Waals surface area contributed by atoms with Crippen LogP contribution in [0.2, 0.25) is 0 Å². The maximum absolute atomic E-state index is 12.0. The normalized spacial score (nSPS) is 10.7. The Morgan fingerprint density at radius 3 is 2.75 bits per heavy atom. The molecule has 20 heavy (non-hydrogen) atoms. The summed E-state index contributed by atoms with van der Waals surface area (Å²) >= 11 is 3.38. The molecule has 4 nitrogen and oxygen atoms in total.